The topological polar surface area (TPSA) is 132 Å². The smallest absolute Gasteiger partial charge is 0.288 e. The Morgan fingerprint density at radius 3 is 2.45 bits per heavy atom. The highest BCUT2D eigenvalue weighted by molar-refractivity contribution is 7.80. The van der Waals surface area contributed by atoms with Crippen LogP contribution in [0.2, 0.25) is 5.02 Å². The number of carbonyl (C=O) groups is 2. The molecule has 2 aromatic carbocycles. The molecule has 3 N–H and O–H groups in total. The van der Waals surface area contributed by atoms with Crippen molar-refractivity contribution in [2.24, 2.45) is 0 Å². The number of hydrogen-bond donors (Lipinski definition) is 3. The molecule has 2 amide bonds. The van der Waals surface area contributed by atoms with Crippen LogP contribution in [0.15, 0.2) is 42.5 Å². The first-order valence-corrected chi connectivity index (χ1v) is 9.29. The molecule has 0 aliphatic heterocycles. The second-order valence-corrected chi connectivity index (χ2v) is 6.58. The molecule has 0 aliphatic carbocycles. The SMILES string of the molecule is COc1ccc(/C=C/C(=O)NC(=S)NNC(=O)c2ccc(Cl)c([N+](=O)[O-])c2)cc1OC. The van der Waals surface area contributed by atoms with E-state index < -0.39 is 22.4 Å². The number of nitro groups is 1. The maximum absolute atomic E-state index is 12.1. The Morgan fingerprint density at radius 2 is 1.81 bits per heavy atom. The van der Waals surface area contributed by atoms with Gasteiger partial charge in [0.2, 0.25) is 5.91 Å². The van der Waals surface area contributed by atoms with Crippen LogP contribution < -0.4 is 25.6 Å². The number of nitrogens with zero attached hydrogens (tertiary/aromatic N) is 1. The molecule has 162 valence electrons. The van der Waals surface area contributed by atoms with Crippen LogP contribution in [0.1, 0.15) is 15.9 Å². The lowest BCUT2D eigenvalue weighted by Gasteiger charge is -2.10. The van der Waals surface area contributed by atoms with E-state index in [4.69, 9.17) is 33.3 Å². The van der Waals surface area contributed by atoms with Crippen LogP contribution in [0.5, 0.6) is 11.5 Å². The number of ether oxygens (including phenoxy) is 2. The minimum Gasteiger partial charge on any atom is -0.493 e. The molecular formula is C19H17ClN4O6S. The summed E-state index contributed by atoms with van der Waals surface area (Å²) in [6.07, 6.45) is 2.77. The molecule has 0 heterocycles. The van der Waals surface area contributed by atoms with E-state index in [9.17, 15) is 19.7 Å². The number of nitro benzene ring substituents is 1. The van der Waals surface area contributed by atoms with Gasteiger partial charge < -0.3 is 9.47 Å². The zero-order valence-electron chi connectivity index (χ0n) is 16.3. The van der Waals surface area contributed by atoms with Crippen LogP contribution in [0.25, 0.3) is 6.08 Å². The molecule has 0 radical (unpaired) electrons. The molecule has 0 saturated heterocycles. The lowest BCUT2D eigenvalue weighted by molar-refractivity contribution is -0.384. The number of rotatable bonds is 6. The minimum atomic E-state index is -0.711. The summed E-state index contributed by atoms with van der Waals surface area (Å²) in [6.45, 7) is 0. The third-order valence-corrected chi connectivity index (χ3v) is 4.29. The molecule has 0 bridgehead atoms. The number of hydrogen-bond acceptors (Lipinski definition) is 7. The highest BCUT2D eigenvalue weighted by Gasteiger charge is 2.16. The number of amides is 2. The lowest BCUT2D eigenvalue weighted by Crippen LogP contribution is -2.48. The summed E-state index contributed by atoms with van der Waals surface area (Å²) in [4.78, 5) is 34.3. The van der Waals surface area contributed by atoms with Gasteiger partial charge in [-0.25, -0.2) is 0 Å². The molecular weight excluding hydrogens is 448 g/mol. The van der Waals surface area contributed by atoms with E-state index in [1.165, 1.54) is 38.5 Å². The number of halogens is 1. The molecule has 12 heteroatoms. The fourth-order valence-electron chi connectivity index (χ4n) is 2.29. The van der Waals surface area contributed by atoms with Gasteiger partial charge >= 0.3 is 0 Å². The summed E-state index contributed by atoms with van der Waals surface area (Å²) in [5.41, 5.74) is 4.81. The number of nitrogens with one attached hydrogen (secondary N) is 3. The third-order valence-electron chi connectivity index (χ3n) is 3.77. The fraction of sp³-hybridized carbons (Fsp3) is 0.105. The number of carbonyl (C=O) groups excluding carboxylic acids is 2. The second kappa shape index (κ2) is 10.9. The Kier molecular flexibility index (Phi) is 8.29. The molecule has 0 spiro atoms. The average Bonchev–Trinajstić information content (AvgIpc) is 2.75. The van der Waals surface area contributed by atoms with E-state index in [1.54, 1.807) is 18.2 Å². The van der Waals surface area contributed by atoms with Crippen LogP contribution >= 0.6 is 23.8 Å². The number of benzene rings is 2. The van der Waals surface area contributed by atoms with Gasteiger partial charge in [0.1, 0.15) is 5.02 Å². The fourth-order valence-corrected chi connectivity index (χ4v) is 2.63. The van der Waals surface area contributed by atoms with Gasteiger partial charge in [0.05, 0.1) is 19.1 Å². The van der Waals surface area contributed by atoms with E-state index in [2.05, 4.69) is 16.2 Å². The molecule has 2 rings (SSSR count). The van der Waals surface area contributed by atoms with Crippen LogP contribution in [-0.2, 0) is 4.79 Å². The van der Waals surface area contributed by atoms with Gasteiger partial charge in [-0.2, -0.15) is 0 Å². The summed E-state index contributed by atoms with van der Waals surface area (Å²) in [6, 6.07) is 8.66. The molecule has 31 heavy (non-hydrogen) atoms. The zero-order valence-corrected chi connectivity index (χ0v) is 17.9. The number of hydrazine groups is 1. The molecule has 0 unspecified atom stereocenters. The van der Waals surface area contributed by atoms with Gasteiger partial charge in [0.15, 0.2) is 16.6 Å². The van der Waals surface area contributed by atoms with Crippen LogP contribution in [0.3, 0.4) is 0 Å². The van der Waals surface area contributed by atoms with Crippen molar-refractivity contribution >= 4 is 52.5 Å². The van der Waals surface area contributed by atoms with Gasteiger partial charge in [-0.15, -0.1) is 0 Å². The van der Waals surface area contributed by atoms with E-state index in [0.717, 1.165) is 6.07 Å². The van der Waals surface area contributed by atoms with Crippen molar-refractivity contribution in [3.05, 3.63) is 68.7 Å². The summed E-state index contributed by atoms with van der Waals surface area (Å²) in [7, 11) is 3.01. The Bertz CT molecular complexity index is 1060. The largest absolute Gasteiger partial charge is 0.493 e. The van der Waals surface area contributed by atoms with E-state index in [0.29, 0.717) is 17.1 Å². The Hall–Kier alpha value is -3.70. The maximum atomic E-state index is 12.1. The standard InChI is InChI=1S/C19H17ClN4O6S/c1-29-15-7-3-11(9-16(15)30-2)4-8-17(25)21-19(31)23-22-18(26)12-5-6-13(20)14(10-12)24(27)28/h3-10H,1-2H3,(H,22,26)(H2,21,23,25,31)/b8-4+. The number of methoxy groups -OCH3 is 2. The molecule has 0 saturated carbocycles. The highest BCUT2D eigenvalue weighted by atomic mass is 35.5. The molecule has 0 atom stereocenters. The van der Waals surface area contributed by atoms with Gasteiger partial charge in [-0.3, -0.25) is 35.9 Å². The van der Waals surface area contributed by atoms with Crippen molar-refractivity contribution < 1.29 is 24.0 Å². The lowest BCUT2D eigenvalue weighted by atomic mass is 10.2. The first kappa shape index (κ1) is 23.6. The van der Waals surface area contributed by atoms with Crippen LogP contribution in [0, 0.1) is 10.1 Å². The molecule has 0 aromatic heterocycles. The van der Waals surface area contributed by atoms with Crippen LogP contribution in [-0.4, -0.2) is 36.1 Å². The van der Waals surface area contributed by atoms with Crippen molar-refractivity contribution in [1.29, 1.82) is 0 Å². The average molecular weight is 465 g/mol. The first-order valence-electron chi connectivity index (χ1n) is 8.50. The third kappa shape index (κ3) is 6.66. The quantitative estimate of drug-likeness (QED) is 0.257. The van der Waals surface area contributed by atoms with E-state index in [1.807, 2.05) is 0 Å². The Labute approximate surface area is 187 Å². The molecule has 10 nitrogen and oxygen atoms in total. The van der Waals surface area contributed by atoms with E-state index >= 15 is 0 Å². The van der Waals surface area contributed by atoms with E-state index in [-0.39, 0.29) is 15.7 Å². The highest BCUT2D eigenvalue weighted by Crippen LogP contribution is 2.28. The molecule has 2 aromatic rings. The second-order valence-electron chi connectivity index (χ2n) is 5.77. The van der Waals surface area contributed by atoms with Crippen molar-refractivity contribution in [3.8, 4) is 11.5 Å². The van der Waals surface area contributed by atoms with Gasteiger partial charge in [-0.05, 0) is 48.1 Å². The molecule has 0 aliphatic rings. The minimum absolute atomic E-state index is 0.0222. The number of thiocarbonyl (C=S) groups is 1. The maximum Gasteiger partial charge on any atom is 0.288 e. The monoisotopic (exact) mass is 464 g/mol. The summed E-state index contributed by atoms with van der Waals surface area (Å²) < 4.78 is 10.3. The van der Waals surface area contributed by atoms with Crippen molar-refractivity contribution in [1.82, 2.24) is 16.2 Å². The first-order chi connectivity index (χ1) is 14.7. The van der Waals surface area contributed by atoms with Gasteiger partial charge in [-0.1, -0.05) is 17.7 Å². The van der Waals surface area contributed by atoms with Gasteiger partial charge in [0.25, 0.3) is 11.6 Å². The van der Waals surface area contributed by atoms with Crippen molar-refractivity contribution in [2.75, 3.05) is 14.2 Å². The normalized spacial score (nSPS) is 10.3. The van der Waals surface area contributed by atoms with Crippen LogP contribution in [0.4, 0.5) is 5.69 Å². The molecule has 0 fully saturated rings. The predicted molar refractivity (Wildman–Crippen MR) is 118 cm³/mol. The summed E-state index contributed by atoms with van der Waals surface area (Å²) in [5.74, 6) is -0.204. The zero-order chi connectivity index (χ0) is 23.0. The summed E-state index contributed by atoms with van der Waals surface area (Å²) >= 11 is 10.6. The van der Waals surface area contributed by atoms with Gasteiger partial charge in [0, 0.05) is 17.7 Å². The Morgan fingerprint density at radius 1 is 1.10 bits per heavy atom. The van der Waals surface area contributed by atoms with Crippen molar-refractivity contribution in [3.63, 3.8) is 0 Å². The van der Waals surface area contributed by atoms with Crippen molar-refractivity contribution in [2.45, 2.75) is 0 Å². The summed E-state index contributed by atoms with van der Waals surface area (Å²) in [5, 5.41) is 13.0. The predicted octanol–water partition coefficient (Wildman–Crippen LogP) is 2.61. The Balaban J connectivity index is 1.90.